The number of carbonyl (C=O) groups is 3. The number of carboxylic acids is 1. The van der Waals surface area contributed by atoms with Gasteiger partial charge in [-0.25, -0.2) is 9.59 Å². The maximum Gasteiger partial charge on any atom is 0.407 e. The lowest BCUT2D eigenvalue weighted by Crippen LogP contribution is -2.43. The van der Waals surface area contributed by atoms with E-state index in [0.717, 1.165) is 34.0 Å². The lowest BCUT2D eigenvalue weighted by atomic mass is 9.98. The summed E-state index contributed by atoms with van der Waals surface area (Å²) in [6.07, 6.45) is -0.838. The number of fused-ring (bicyclic) bond motifs is 3. The first kappa shape index (κ1) is 23.9. The second kappa shape index (κ2) is 10.8. The van der Waals surface area contributed by atoms with E-state index < -0.39 is 22.8 Å². The van der Waals surface area contributed by atoms with Crippen molar-refractivity contribution in [2.24, 2.45) is 0 Å². The van der Waals surface area contributed by atoms with Crippen LogP contribution in [-0.4, -0.2) is 46.1 Å². The van der Waals surface area contributed by atoms with Gasteiger partial charge in [-0.2, -0.15) is 0 Å². The molecule has 6 nitrogen and oxygen atoms in total. The number of nitrogens with one attached hydrogen (secondary N) is 1. The van der Waals surface area contributed by atoms with Crippen molar-refractivity contribution in [2.75, 3.05) is 12.4 Å². The molecule has 0 heterocycles. The highest BCUT2D eigenvalue weighted by molar-refractivity contribution is 8.01. The Labute approximate surface area is 206 Å². The summed E-state index contributed by atoms with van der Waals surface area (Å²) in [5.74, 6) is -1.78. The van der Waals surface area contributed by atoms with Gasteiger partial charge in [0.2, 0.25) is 0 Å². The predicted octanol–water partition coefficient (Wildman–Crippen LogP) is 5.16. The minimum absolute atomic E-state index is 0.0734. The van der Waals surface area contributed by atoms with Gasteiger partial charge >= 0.3 is 12.1 Å². The van der Waals surface area contributed by atoms with Crippen molar-refractivity contribution in [2.45, 2.75) is 16.7 Å². The Morgan fingerprint density at radius 2 is 1.47 bits per heavy atom. The van der Waals surface area contributed by atoms with Gasteiger partial charge in [0.15, 0.2) is 5.78 Å². The van der Waals surface area contributed by atoms with Gasteiger partial charge in [0.05, 0.1) is 0 Å². The normalized spacial score (nSPS) is 13.9. The average Bonchev–Trinajstić information content (AvgIpc) is 3.18. The number of carboxylic acid groups (broad SMARTS) is 1. The second-order valence-electron chi connectivity index (χ2n) is 7.74. The summed E-state index contributed by atoms with van der Waals surface area (Å²) in [6.45, 7) is 0.0734. The lowest BCUT2D eigenvalue weighted by molar-refractivity contribution is -0.138. The van der Waals surface area contributed by atoms with Crippen molar-refractivity contribution in [1.29, 1.82) is 0 Å². The van der Waals surface area contributed by atoms with Gasteiger partial charge in [-0.3, -0.25) is 4.79 Å². The number of hydrogen-bond donors (Lipinski definition) is 2. The molecule has 3 aromatic carbocycles. The molecule has 0 radical (unpaired) electrons. The molecule has 1 unspecified atom stereocenters. The van der Waals surface area contributed by atoms with Gasteiger partial charge in [-0.1, -0.05) is 78.9 Å². The number of aliphatic carboxylic acids is 1. The second-order valence-corrected chi connectivity index (χ2v) is 9.57. The highest BCUT2D eigenvalue weighted by Gasteiger charge is 2.30. The average molecular weight is 496 g/mol. The molecule has 3 aromatic rings. The third-order valence-corrected chi connectivity index (χ3v) is 7.22. The smallest absolute Gasteiger partial charge is 0.407 e. The molecule has 0 bridgehead atoms. The molecule has 0 saturated carbocycles. The standard InChI is InChI=1S/C26H22ClNO5S/c27-24(23(29)16-8-2-1-3-9-16)34-15-22(25(30)31)28-26(32)33-14-21-19-12-6-4-10-17(19)18-11-5-7-13-20(18)21/h1-13,21-22,24H,14-15H2,(H,28,32)(H,30,31)/t22-,24?/m0/s1. The van der Waals surface area contributed by atoms with Crippen LogP contribution in [0.25, 0.3) is 11.1 Å². The monoisotopic (exact) mass is 495 g/mol. The topological polar surface area (TPSA) is 92.7 Å². The van der Waals surface area contributed by atoms with Crippen LogP contribution < -0.4 is 5.32 Å². The number of halogens is 1. The van der Waals surface area contributed by atoms with Crippen LogP contribution in [-0.2, 0) is 9.53 Å². The Balaban J connectivity index is 1.34. The lowest BCUT2D eigenvalue weighted by Gasteiger charge is -2.18. The van der Waals surface area contributed by atoms with E-state index in [9.17, 15) is 19.5 Å². The summed E-state index contributed by atoms with van der Waals surface area (Å²) in [5.41, 5.74) is 4.76. The Morgan fingerprint density at radius 3 is 2.06 bits per heavy atom. The first-order chi connectivity index (χ1) is 16.5. The molecule has 0 aromatic heterocycles. The van der Waals surface area contributed by atoms with Crippen molar-refractivity contribution in [3.8, 4) is 11.1 Å². The van der Waals surface area contributed by atoms with Crippen LogP contribution in [0.3, 0.4) is 0 Å². The molecular weight excluding hydrogens is 474 g/mol. The summed E-state index contributed by atoms with van der Waals surface area (Å²) in [6, 6.07) is 23.1. The summed E-state index contributed by atoms with van der Waals surface area (Å²) in [5, 5.41) is 11.9. The molecule has 8 heteroatoms. The molecule has 1 aliphatic carbocycles. The molecular formula is C26H22ClNO5S. The number of hydrogen-bond acceptors (Lipinski definition) is 5. The fourth-order valence-corrected chi connectivity index (χ4v) is 5.17. The van der Waals surface area contributed by atoms with Crippen LogP contribution in [0.2, 0.25) is 0 Å². The number of alkyl halides is 1. The van der Waals surface area contributed by atoms with Crippen LogP contribution in [0.4, 0.5) is 4.79 Å². The SMILES string of the molecule is O=C(N[C@@H](CSC(Cl)C(=O)c1ccccc1)C(=O)O)OCC1c2ccccc2-c2ccccc21. The van der Waals surface area contributed by atoms with Crippen molar-refractivity contribution in [3.63, 3.8) is 0 Å². The van der Waals surface area contributed by atoms with Crippen LogP contribution in [0.5, 0.6) is 0 Å². The minimum atomic E-state index is -1.26. The summed E-state index contributed by atoms with van der Waals surface area (Å²) in [4.78, 5) is 36.5. The third-order valence-electron chi connectivity index (χ3n) is 5.61. The first-order valence-corrected chi connectivity index (χ1v) is 12.1. The molecule has 0 aliphatic heterocycles. The van der Waals surface area contributed by atoms with Crippen molar-refractivity contribution in [1.82, 2.24) is 5.32 Å². The molecule has 4 rings (SSSR count). The number of rotatable bonds is 9. The van der Waals surface area contributed by atoms with Crippen LogP contribution in [0.15, 0.2) is 78.9 Å². The van der Waals surface area contributed by atoms with Crippen molar-refractivity contribution in [3.05, 3.63) is 95.6 Å². The Morgan fingerprint density at radius 1 is 0.912 bits per heavy atom. The van der Waals surface area contributed by atoms with E-state index in [1.807, 2.05) is 48.5 Å². The first-order valence-electron chi connectivity index (χ1n) is 10.6. The van der Waals surface area contributed by atoms with Crippen LogP contribution >= 0.6 is 23.4 Å². The predicted molar refractivity (Wildman–Crippen MR) is 132 cm³/mol. The van der Waals surface area contributed by atoms with E-state index in [4.69, 9.17) is 16.3 Å². The molecule has 0 spiro atoms. The van der Waals surface area contributed by atoms with Gasteiger partial charge in [0, 0.05) is 17.2 Å². The molecule has 2 N–H and O–H groups in total. The third kappa shape index (κ3) is 5.26. The summed E-state index contributed by atoms with van der Waals surface area (Å²) < 4.78 is 4.44. The Kier molecular flexibility index (Phi) is 7.55. The quantitative estimate of drug-likeness (QED) is 0.314. The van der Waals surface area contributed by atoms with Crippen molar-refractivity contribution >= 4 is 41.2 Å². The maximum atomic E-state index is 12.4. The minimum Gasteiger partial charge on any atom is -0.480 e. The number of ether oxygens (including phenoxy) is 1. The van der Waals surface area contributed by atoms with Gasteiger partial charge in [0.25, 0.3) is 0 Å². The van der Waals surface area contributed by atoms with E-state index >= 15 is 0 Å². The fourth-order valence-electron chi connectivity index (χ4n) is 3.95. The number of benzene rings is 3. The van der Waals surface area contributed by atoms with Gasteiger partial charge in [0.1, 0.15) is 17.4 Å². The number of amides is 1. The Bertz CT molecular complexity index is 1160. The van der Waals surface area contributed by atoms with E-state index in [0.29, 0.717) is 5.56 Å². The van der Waals surface area contributed by atoms with Gasteiger partial charge < -0.3 is 15.2 Å². The van der Waals surface area contributed by atoms with Gasteiger partial charge in [-0.05, 0) is 22.3 Å². The number of alkyl carbamates (subject to hydrolysis) is 1. The summed E-state index contributed by atoms with van der Waals surface area (Å²) >= 11 is 7.12. The number of ketones is 1. The number of carbonyl (C=O) groups excluding carboxylic acids is 2. The van der Waals surface area contributed by atoms with E-state index in [1.165, 1.54) is 0 Å². The van der Waals surface area contributed by atoms with Crippen LogP contribution in [0.1, 0.15) is 27.4 Å². The van der Waals surface area contributed by atoms with E-state index in [-0.39, 0.29) is 24.1 Å². The van der Waals surface area contributed by atoms with Crippen molar-refractivity contribution < 1.29 is 24.2 Å². The number of thioether (sulfide) groups is 1. The zero-order valence-electron chi connectivity index (χ0n) is 18.0. The highest BCUT2D eigenvalue weighted by atomic mass is 35.5. The zero-order chi connectivity index (χ0) is 24.1. The maximum absolute atomic E-state index is 12.4. The van der Waals surface area contributed by atoms with Gasteiger partial charge in [-0.15, -0.1) is 23.4 Å². The highest BCUT2D eigenvalue weighted by Crippen LogP contribution is 2.44. The van der Waals surface area contributed by atoms with Crippen LogP contribution in [0, 0.1) is 0 Å². The van der Waals surface area contributed by atoms with E-state index in [1.54, 1.807) is 30.3 Å². The Hall–Kier alpha value is -3.29. The van der Waals surface area contributed by atoms with E-state index in [2.05, 4.69) is 5.32 Å². The molecule has 1 aliphatic rings. The number of Topliss-reactive ketones (excluding diaryl/α,β-unsaturated/α-hetero) is 1. The molecule has 0 fully saturated rings. The fraction of sp³-hybridized carbons (Fsp3) is 0.192. The molecule has 34 heavy (non-hydrogen) atoms. The zero-order valence-corrected chi connectivity index (χ0v) is 19.6. The molecule has 0 saturated heterocycles. The molecule has 174 valence electrons. The summed E-state index contributed by atoms with van der Waals surface area (Å²) in [7, 11) is 0. The largest absolute Gasteiger partial charge is 0.480 e. The molecule has 2 atom stereocenters. The molecule has 1 amide bonds.